The molecule has 0 spiro atoms. The molecule has 1 saturated carbocycles. The summed E-state index contributed by atoms with van der Waals surface area (Å²) >= 11 is 3.56. The van der Waals surface area contributed by atoms with Gasteiger partial charge in [-0.05, 0) is 48.1 Å². The van der Waals surface area contributed by atoms with Gasteiger partial charge in [0.25, 0.3) is 10.0 Å². The summed E-state index contributed by atoms with van der Waals surface area (Å²) in [5, 5.41) is 0. The van der Waals surface area contributed by atoms with Gasteiger partial charge in [-0.2, -0.15) is 13.2 Å². The van der Waals surface area contributed by atoms with Gasteiger partial charge in [0.15, 0.2) is 5.78 Å². The highest BCUT2D eigenvalue weighted by Crippen LogP contribution is 2.46. The number of rotatable bonds is 4. The Morgan fingerprint density at radius 1 is 1.10 bits per heavy atom. The monoisotopic (exact) mass is 500 g/mol. The Morgan fingerprint density at radius 2 is 1.80 bits per heavy atom. The lowest BCUT2D eigenvalue weighted by atomic mass is 9.96. The van der Waals surface area contributed by atoms with Gasteiger partial charge in [0.05, 0.1) is 6.04 Å². The number of hydrogen-bond donors (Lipinski definition) is 0. The van der Waals surface area contributed by atoms with Gasteiger partial charge in [0.2, 0.25) is 0 Å². The Labute approximate surface area is 179 Å². The van der Waals surface area contributed by atoms with E-state index in [0.29, 0.717) is 23.7 Å². The second-order valence-corrected chi connectivity index (χ2v) is 9.87. The summed E-state index contributed by atoms with van der Waals surface area (Å²) in [6.07, 6.45) is 0.363. The molecule has 0 radical (unpaired) electrons. The standard InChI is InChI=1S/C20H16BrF3N2O3S/c21-19-15(12-4-5-12)2-1-3-16(19)17-10-13(27)8-9-26(17)30(28,29)14-6-7-18(25-11-14)20(22,23)24/h1-3,6-9,11-12,17H,4-5,10H2. The van der Waals surface area contributed by atoms with Crippen LogP contribution in [0.25, 0.3) is 0 Å². The van der Waals surface area contributed by atoms with Gasteiger partial charge in [0, 0.05) is 23.3 Å². The first-order chi connectivity index (χ1) is 14.1. The number of hydrogen-bond acceptors (Lipinski definition) is 4. The van der Waals surface area contributed by atoms with Crippen LogP contribution in [0.4, 0.5) is 13.2 Å². The number of sulfonamides is 1. The maximum absolute atomic E-state index is 13.2. The molecule has 2 aromatic rings. The average Bonchev–Trinajstić information content (AvgIpc) is 3.52. The lowest BCUT2D eigenvalue weighted by Gasteiger charge is -2.33. The van der Waals surface area contributed by atoms with Crippen molar-refractivity contribution in [3.8, 4) is 0 Å². The van der Waals surface area contributed by atoms with Crippen molar-refractivity contribution in [1.82, 2.24) is 9.29 Å². The van der Waals surface area contributed by atoms with E-state index in [-0.39, 0.29) is 17.1 Å². The Kier molecular flexibility index (Phi) is 5.26. The SMILES string of the molecule is O=C1C=CN(S(=O)(=O)c2ccc(C(F)(F)F)nc2)C(c2cccc(C3CC3)c2Br)C1. The first-order valence-electron chi connectivity index (χ1n) is 9.15. The molecule has 1 atom stereocenters. The lowest BCUT2D eigenvalue weighted by Crippen LogP contribution is -2.34. The van der Waals surface area contributed by atoms with Crippen molar-refractivity contribution >= 4 is 31.7 Å². The summed E-state index contributed by atoms with van der Waals surface area (Å²) in [4.78, 5) is 15.0. The van der Waals surface area contributed by atoms with Crippen LogP contribution in [0.15, 0.2) is 58.2 Å². The molecule has 30 heavy (non-hydrogen) atoms. The van der Waals surface area contributed by atoms with Crippen LogP contribution in [0.2, 0.25) is 0 Å². The number of pyridine rings is 1. The molecule has 2 heterocycles. The van der Waals surface area contributed by atoms with Crippen molar-refractivity contribution in [2.24, 2.45) is 0 Å². The first-order valence-corrected chi connectivity index (χ1v) is 11.4. The Bertz CT molecular complexity index is 1130. The fraction of sp³-hybridized carbons (Fsp3) is 0.300. The Morgan fingerprint density at radius 3 is 2.40 bits per heavy atom. The van der Waals surface area contributed by atoms with Gasteiger partial charge in [-0.25, -0.2) is 8.42 Å². The third-order valence-corrected chi connectivity index (χ3v) is 7.83. The fourth-order valence-electron chi connectivity index (χ4n) is 3.46. The Hall–Kier alpha value is -2.20. The molecule has 1 aromatic carbocycles. The molecule has 1 aliphatic carbocycles. The van der Waals surface area contributed by atoms with Gasteiger partial charge in [-0.15, -0.1) is 0 Å². The molecule has 2 aliphatic rings. The number of carbonyl (C=O) groups is 1. The predicted octanol–water partition coefficient (Wildman–Crippen LogP) is 4.96. The second-order valence-electron chi connectivity index (χ2n) is 7.24. The van der Waals surface area contributed by atoms with Crippen LogP contribution in [0.5, 0.6) is 0 Å². The summed E-state index contributed by atoms with van der Waals surface area (Å²) in [7, 11) is -4.24. The lowest BCUT2D eigenvalue weighted by molar-refractivity contribution is -0.141. The largest absolute Gasteiger partial charge is 0.433 e. The molecule has 4 rings (SSSR count). The molecular weight excluding hydrogens is 485 g/mol. The maximum Gasteiger partial charge on any atom is 0.433 e. The smallest absolute Gasteiger partial charge is 0.295 e. The van der Waals surface area contributed by atoms with E-state index in [9.17, 15) is 26.4 Å². The number of halogens is 4. The van der Waals surface area contributed by atoms with Gasteiger partial charge in [-0.3, -0.25) is 14.1 Å². The van der Waals surface area contributed by atoms with Crippen LogP contribution in [0.1, 0.15) is 48.0 Å². The normalized spacial score (nSPS) is 19.9. The molecule has 1 aliphatic heterocycles. The molecular formula is C20H16BrF3N2O3S. The summed E-state index contributed by atoms with van der Waals surface area (Å²) in [6, 6.07) is 6.22. The molecule has 1 unspecified atom stereocenters. The predicted molar refractivity (Wildman–Crippen MR) is 106 cm³/mol. The second kappa shape index (κ2) is 7.49. The molecule has 5 nitrogen and oxygen atoms in total. The zero-order valence-corrected chi connectivity index (χ0v) is 17.8. The molecule has 1 aromatic heterocycles. The van der Waals surface area contributed by atoms with Crippen molar-refractivity contribution in [2.75, 3.05) is 0 Å². The van der Waals surface area contributed by atoms with E-state index in [1.54, 1.807) is 6.07 Å². The summed E-state index contributed by atoms with van der Waals surface area (Å²) in [5.41, 5.74) is 0.519. The van der Waals surface area contributed by atoms with E-state index in [2.05, 4.69) is 20.9 Å². The quantitative estimate of drug-likeness (QED) is 0.594. The number of benzene rings is 1. The molecule has 1 fully saturated rings. The van der Waals surface area contributed by atoms with Crippen LogP contribution >= 0.6 is 15.9 Å². The number of carbonyl (C=O) groups excluding carboxylic acids is 1. The molecule has 0 saturated heterocycles. The van der Waals surface area contributed by atoms with Gasteiger partial charge in [0.1, 0.15) is 10.6 Å². The van der Waals surface area contributed by atoms with Gasteiger partial charge < -0.3 is 0 Å². The fourth-order valence-corrected chi connectivity index (χ4v) is 5.73. The molecule has 0 bridgehead atoms. The minimum Gasteiger partial charge on any atom is -0.295 e. The minimum absolute atomic E-state index is 0.0729. The van der Waals surface area contributed by atoms with E-state index in [1.807, 2.05) is 12.1 Å². The Balaban J connectivity index is 1.75. The molecule has 158 valence electrons. The van der Waals surface area contributed by atoms with Crippen molar-refractivity contribution < 1.29 is 26.4 Å². The van der Waals surface area contributed by atoms with Crippen LogP contribution in [0, 0.1) is 0 Å². The van der Waals surface area contributed by atoms with Crippen LogP contribution < -0.4 is 0 Å². The molecule has 0 amide bonds. The van der Waals surface area contributed by atoms with Crippen molar-refractivity contribution in [2.45, 2.75) is 42.3 Å². The third kappa shape index (κ3) is 3.90. The number of nitrogens with zero attached hydrogens (tertiary/aromatic N) is 2. The van der Waals surface area contributed by atoms with E-state index in [4.69, 9.17) is 0 Å². The van der Waals surface area contributed by atoms with Crippen molar-refractivity contribution in [3.05, 3.63) is 70.1 Å². The van der Waals surface area contributed by atoms with E-state index in [0.717, 1.165) is 39.3 Å². The van der Waals surface area contributed by atoms with Crippen LogP contribution in [-0.2, 0) is 21.0 Å². The van der Waals surface area contributed by atoms with Gasteiger partial charge in [-0.1, -0.05) is 34.1 Å². The summed E-state index contributed by atoms with van der Waals surface area (Å²) < 4.78 is 66.5. The number of aromatic nitrogens is 1. The average molecular weight is 501 g/mol. The zero-order valence-electron chi connectivity index (χ0n) is 15.4. The highest BCUT2D eigenvalue weighted by Gasteiger charge is 2.37. The minimum atomic E-state index is -4.67. The third-order valence-electron chi connectivity index (χ3n) is 5.15. The van der Waals surface area contributed by atoms with E-state index >= 15 is 0 Å². The number of allylic oxidation sites excluding steroid dienone is 1. The highest BCUT2D eigenvalue weighted by molar-refractivity contribution is 9.10. The number of ketones is 1. The molecule has 10 heteroatoms. The number of alkyl halides is 3. The molecule has 0 N–H and O–H groups in total. The van der Waals surface area contributed by atoms with Crippen LogP contribution in [0.3, 0.4) is 0 Å². The van der Waals surface area contributed by atoms with E-state index < -0.39 is 27.9 Å². The van der Waals surface area contributed by atoms with Crippen molar-refractivity contribution in [3.63, 3.8) is 0 Å². The van der Waals surface area contributed by atoms with Gasteiger partial charge >= 0.3 is 6.18 Å². The summed E-state index contributed by atoms with van der Waals surface area (Å²) in [5.74, 6) is 0.166. The highest BCUT2D eigenvalue weighted by atomic mass is 79.9. The summed E-state index contributed by atoms with van der Waals surface area (Å²) in [6.45, 7) is 0. The maximum atomic E-state index is 13.2. The first kappa shape index (κ1) is 21.0. The zero-order chi connectivity index (χ0) is 21.7. The van der Waals surface area contributed by atoms with Crippen LogP contribution in [-0.4, -0.2) is 23.5 Å². The topological polar surface area (TPSA) is 67.3 Å². The van der Waals surface area contributed by atoms with E-state index in [1.165, 1.54) is 6.20 Å². The van der Waals surface area contributed by atoms with Crippen molar-refractivity contribution in [1.29, 1.82) is 0 Å².